The molecule has 0 bridgehead atoms. The van der Waals surface area contributed by atoms with Crippen LogP contribution in [0.2, 0.25) is 20.1 Å². The van der Waals surface area contributed by atoms with Gasteiger partial charge in [0.25, 0.3) is 0 Å². The van der Waals surface area contributed by atoms with Crippen LogP contribution < -0.4 is 0 Å². The first-order valence-corrected chi connectivity index (χ1v) is 7.86. The molecule has 106 valence electrons. The summed E-state index contributed by atoms with van der Waals surface area (Å²) in [7, 11) is 0. The van der Waals surface area contributed by atoms with Gasteiger partial charge in [-0.3, -0.25) is 4.79 Å². The molecule has 0 unspecified atom stereocenters. The summed E-state index contributed by atoms with van der Waals surface area (Å²) in [5.41, 5.74) is 0.285. The van der Waals surface area contributed by atoms with Crippen molar-refractivity contribution in [2.45, 2.75) is 45.4 Å². The largest absolute Gasteiger partial charge is 0.294 e. The van der Waals surface area contributed by atoms with Gasteiger partial charge in [-0.05, 0) is 12.5 Å². The molecule has 5 heteroatoms. The Kier molecular flexibility index (Phi) is 7.53. The Morgan fingerprint density at radius 1 is 0.947 bits per heavy atom. The first-order chi connectivity index (χ1) is 8.99. The van der Waals surface area contributed by atoms with Crippen molar-refractivity contribution in [1.82, 2.24) is 0 Å². The molecule has 1 aromatic rings. The number of Topliss-reactive ketones (excluding diaryl/α,β-unsaturated/α-hetero) is 1. The van der Waals surface area contributed by atoms with Crippen LogP contribution in [0.3, 0.4) is 0 Å². The molecule has 0 saturated carbocycles. The zero-order chi connectivity index (χ0) is 14.4. The number of rotatable bonds is 7. The maximum absolute atomic E-state index is 12.1. The average molecular weight is 342 g/mol. The van der Waals surface area contributed by atoms with E-state index in [9.17, 15) is 4.79 Å². The molecule has 0 atom stereocenters. The van der Waals surface area contributed by atoms with Crippen LogP contribution in [0.15, 0.2) is 6.07 Å². The maximum Gasteiger partial charge on any atom is 0.165 e. The monoisotopic (exact) mass is 340 g/mol. The molecule has 0 spiro atoms. The van der Waals surface area contributed by atoms with E-state index in [4.69, 9.17) is 46.4 Å². The number of hydrogen-bond acceptors (Lipinski definition) is 1. The van der Waals surface area contributed by atoms with Crippen LogP contribution in [0.4, 0.5) is 0 Å². The lowest BCUT2D eigenvalue weighted by Gasteiger charge is -2.09. The summed E-state index contributed by atoms with van der Waals surface area (Å²) in [5.74, 6) is -0.0786. The average Bonchev–Trinajstić information content (AvgIpc) is 2.36. The third-order valence-corrected chi connectivity index (χ3v) is 4.46. The van der Waals surface area contributed by atoms with E-state index in [0.717, 1.165) is 19.3 Å². The van der Waals surface area contributed by atoms with Gasteiger partial charge >= 0.3 is 0 Å². The van der Waals surface area contributed by atoms with Gasteiger partial charge in [-0.2, -0.15) is 0 Å². The van der Waals surface area contributed by atoms with E-state index < -0.39 is 0 Å². The lowest BCUT2D eigenvalue weighted by molar-refractivity contribution is 0.0979. The van der Waals surface area contributed by atoms with Crippen molar-refractivity contribution >= 4 is 52.2 Å². The second-order valence-electron chi connectivity index (χ2n) is 4.43. The number of unbranched alkanes of at least 4 members (excludes halogenated alkanes) is 4. The number of halogens is 4. The van der Waals surface area contributed by atoms with E-state index in [2.05, 4.69) is 6.92 Å². The molecule has 1 rings (SSSR count). The molecule has 0 fully saturated rings. The Morgan fingerprint density at radius 2 is 1.58 bits per heavy atom. The Hall–Kier alpha value is 0.0500. The quantitative estimate of drug-likeness (QED) is 0.229. The minimum atomic E-state index is -0.0786. The number of benzene rings is 1. The molecule has 0 aliphatic heterocycles. The lowest BCUT2D eigenvalue weighted by atomic mass is 10.0. The predicted octanol–water partition coefficient (Wildman–Crippen LogP) is 6.84. The van der Waals surface area contributed by atoms with E-state index in [1.165, 1.54) is 18.9 Å². The highest BCUT2D eigenvalue weighted by atomic mass is 35.5. The van der Waals surface area contributed by atoms with Gasteiger partial charge in [-0.1, -0.05) is 79.0 Å². The molecule has 0 N–H and O–H groups in total. The summed E-state index contributed by atoms with van der Waals surface area (Å²) in [4.78, 5) is 12.1. The summed E-state index contributed by atoms with van der Waals surface area (Å²) in [6, 6.07) is 1.46. The fourth-order valence-corrected chi connectivity index (χ4v) is 2.96. The highest BCUT2D eigenvalue weighted by molar-refractivity contribution is 6.51. The zero-order valence-electron chi connectivity index (χ0n) is 10.7. The van der Waals surface area contributed by atoms with E-state index in [1.54, 1.807) is 0 Å². The SMILES string of the molecule is CCCCCCCC(=O)c1c(Cl)cc(Cl)c(Cl)c1Cl. The number of ketones is 1. The standard InChI is InChI=1S/C14H16Cl4O/c1-2-3-4-5-6-7-11(19)12-9(15)8-10(16)13(17)14(12)18/h8H,2-7H2,1H3. The molecule has 1 nitrogen and oxygen atoms in total. The molecular weight excluding hydrogens is 326 g/mol. The number of carbonyl (C=O) groups excluding carboxylic acids is 1. The van der Waals surface area contributed by atoms with E-state index in [1.807, 2.05) is 0 Å². The molecule has 0 amide bonds. The van der Waals surface area contributed by atoms with Crippen LogP contribution in [0, 0.1) is 0 Å². The van der Waals surface area contributed by atoms with Gasteiger partial charge in [0.2, 0.25) is 0 Å². The minimum Gasteiger partial charge on any atom is -0.294 e. The lowest BCUT2D eigenvalue weighted by Crippen LogP contribution is -2.02. The van der Waals surface area contributed by atoms with Crippen molar-refractivity contribution in [2.24, 2.45) is 0 Å². The second kappa shape index (κ2) is 8.36. The molecule has 0 aromatic heterocycles. The van der Waals surface area contributed by atoms with Crippen molar-refractivity contribution in [1.29, 1.82) is 0 Å². The van der Waals surface area contributed by atoms with Crippen LogP contribution in [-0.2, 0) is 0 Å². The van der Waals surface area contributed by atoms with Crippen LogP contribution in [0.1, 0.15) is 55.8 Å². The fourth-order valence-electron chi connectivity index (χ4n) is 1.84. The molecule has 0 heterocycles. The van der Waals surface area contributed by atoms with Crippen molar-refractivity contribution in [3.63, 3.8) is 0 Å². The Labute approximate surface area is 134 Å². The Morgan fingerprint density at radius 3 is 2.21 bits per heavy atom. The van der Waals surface area contributed by atoms with Gasteiger partial charge in [0.05, 0.1) is 25.7 Å². The summed E-state index contributed by atoms with van der Waals surface area (Å²) in [6.07, 6.45) is 5.83. The normalized spacial score (nSPS) is 10.8. The van der Waals surface area contributed by atoms with Crippen molar-refractivity contribution in [2.75, 3.05) is 0 Å². The van der Waals surface area contributed by atoms with Crippen LogP contribution >= 0.6 is 46.4 Å². The van der Waals surface area contributed by atoms with Crippen molar-refractivity contribution < 1.29 is 4.79 Å². The molecular formula is C14H16Cl4O. The van der Waals surface area contributed by atoms with E-state index in [0.29, 0.717) is 6.42 Å². The van der Waals surface area contributed by atoms with E-state index >= 15 is 0 Å². The number of hydrogen-bond donors (Lipinski definition) is 0. The first-order valence-electron chi connectivity index (χ1n) is 6.35. The van der Waals surface area contributed by atoms with Gasteiger partial charge < -0.3 is 0 Å². The zero-order valence-corrected chi connectivity index (χ0v) is 13.8. The summed E-state index contributed by atoms with van der Waals surface area (Å²) in [5, 5.41) is 0.855. The first kappa shape index (κ1) is 17.1. The van der Waals surface area contributed by atoms with Gasteiger partial charge in [0.1, 0.15) is 0 Å². The van der Waals surface area contributed by atoms with Crippen LogP contribution in [0.5, 0.6) is 0 Å². The smallest absolute Gasteiger partial charge is 0.165 e. The maximum atomic E-state index is 12.1. The molecule has 0 saturated heterocycles. The molecule has 0 radical (unpaired) electrons. The predicted molar refractivity (Wildman–Crippen MR) is 84.2 cm³/mol. The highest BCUT2D eigenvalue weighted by Gasteiger charge is 2.19. The van der Waals surface area contributed by atoms with Crippen molar-refractivity contribution in [3.8, 4) is 0 Å². The van der Waals surface area contributed by atoms with E-state index in [-0.39, 0.29) is 31.4 Å². The minimum absolute atomic E-state index is 0.0786. The third-order valence-electron chi connectivity index (χ3n) is 2.90. The van der Waals surface area contributed by atoms with Gasteiger partial charge in [0.15, 0.2) is 5.78 Å². The van der Waals surface area contributed by atoms with Gasteiger partial charge in [-0.25, -0.2) is 0 Å². The fraction of sp³-hybridized carbons (Fsp3) is 0.500. The molecule has 0 aliphatic rings. The molecule has 19 heavy (non-hydrogen) atoms. The molecule has 0 aliphatic carbocycles. The van der Waals surface area contributed by atoms with Crippen molar-refractivity contribution in [3.05, 3.63) is 31.7 Å². The van der Waals surface area contributed by atoms with Gasteiger partial charge in [0, 0.05) is 6.42 Å². The highest BCUT2D eigenvalue weighted by Crippen LogP contribution is 2.38. The van der Waals surface area contributed by atoms with Gasteiger partial charge in [-0.15, -0.1) is 0 Å². The summed E-state index contributed by atoms with van der Waals surface area (Å²) < 4.78 is 0. The summed E-state index contributed by atoms with van der Waals surface area (Å²) >= 11 is 23.8. The number of carbonyl (C=O) groups is 1. The Balaban J connectivity index is 2.70. The topological polar surface area (TPSA) is 17.1 Å². The third kappa shape index (κ3) is 4.82. The van der Waals surface area contributed by atoms with Crippen LogP contribution in [0.25, 0.3) is 0 Å². The Bertz CT molecular complexity index is 457. The second-order valence-corrected chi connectivity index (χ2v) is 6.00. The summed E-state index contributed by atoms with van der Waals surface area (Å²) in [6.45, 7) is 2.15. The molecule has 1 aromatic carbocycles. The van der Waals surface area contributed by atoms with Crippen LogP contribution in [-0.4, -0.2) is 5.78 Å².